The molecule has 1 aliphatic heterocycles. The summed E-state index contributed by atoms with van der Waals surface area (Å²) >= 11 is 0. The van der Waals surface area contributed by atoms with Gasteiger partial charge in [-0.25, -0.2) is 0 Å². The van der Waals surface area contributed by atoms with Crippen molar-refractivity contribution < 1.29 is 0 Å². The molecule has 2 heteroatoms. The van der Waals surface area contributed by atoms with Crippen LogP contribution < -0.4 is 9.80 Å². The van der Waals surface area contributed by atoms with E-state index in [4.69, 9.17) is 0 Å². The van der Waals surface area contributed by atoms with Crippen molar-refractivity contribution in [2.75, 3.05) is 9.80 Å². The number of allylic oxidation sites excluding steroid dienone is 5. The van der Waals surface area contributed by atoms with Gasteiger partial charge < -0.3 is 9.80 Å². The number of anilines is 3. The fourth-order valence-corrected chi connectivity index (χ4v) is 6.35. The summed E-state index contributed by atoms with van der Waals surface area (Å²) in [7, 11) is 0. The number of rotatable bonds is 7. The molecule has 0 fully saturated rings. The second-order valence-electron chi connectivity index (χ2n) is 12.1. The summed E-state index contributed by atoms with van der Waals surface area (Å²) in [6, 6.07) is 43.6. The van der Waals surface area contributed by atoms with Gasteiger partial charge >= 0.3 is 0 Å². The second kappa shape index (κ2) is 13.2. The lowest BCUT2D eigenvalue weighted by atomic mass is 9.94. The number of para-hydroxylation sites is 1. The molecular weight excluding hydrogens is 569 g/mol. The normalized spacial score (nSPS) is 17.2. The van der Waals surface area contributed by atoms with E-state index in [0.717, 1.165) is 57.0 Å². The minimum Gasteiger partial charge on any atom is -0.334 e. The standard InChI is InChI=1S/C45H38N2/c1-4-35-17-21-38(22-18-35)39-25-28-45-44(32-39)34(3)31-43(29-30-46(45)40-11-7-5-8-12-40)47(41-13-9-6-10-14-41)42-26-23-37(24-27-42)36-19-15-33(2)16-20-36/h4-13,15-32,41H,1,3,14H2,2H3/b30-29-,43-31+. The molecule has 0 saturated heterocycles. The Morgan fingerprint density at radius 1 is 0.745 bits per heavy atom. The molecule has 2 aliphatic rings. The first-order valence-corrected chi connectivity index (χ1v) is 16.2. The van der Waals surface area contributed by atoms with Gasteiger partial charge in [0, 0.05) is 28.8 Å². The van der Waals surface area contributed by atoms with Gasteiger partial charge in [0.15, 0.2) is 0 Å². The summed E-state index contributed by atoms with van der Waals surface area (Å²) in [5.41, 5.74) is 13.6. The fraction of sp³-hybridized carbons (Fsp3) is 0.0667. The molecule has 5 aromatic carbocycles. The van der Waals surface area contributed by atoms with E-state index in [1.807, 2.05) is 6.08 Å². The molecule has 0 saturated carbocycles. The van der Waals surface area contributed by atoms with E-state index in [2.05, 4.69) is 194 Å². The van der Waals surface area contributed by atoms with Gasteiger partial charge in [0.2, 0.25) is 0 Å². The fourth-order valence-electron chi connectivity index (χ4n) is 6.35. The Morgan fingerprint density at radius 2 is 1.40 bits per heavy atom. The predicted octanol–water partition coefficient (Wildman–Crippen LogP) is 11.9. The first-order chi connectivity index (χ1) is 23.1. The van der Waals surface area contributed by atoms with Crippen molar-refractivity contribution in [2.24, 2.45) is 0 Å². The average molecular weight is 607 g/mol. The van der Waals surface area contributed by atoms with E-state index in [1.165, 1.54) is 16.7 Å². The van der Waals surface area contributed by atoms with Gasteiger partial charge in [-0.1, -0.05) is 134 Å². The largest absolute Gasteiger partial charge is 0.334 e. The highest BCUT2D eigenvalue weighted by molar-refractivity contribution is 5.89. The van der Waals surface area contributed by atoms with Crippen molar-refractivity contribution in [3.63, 3.8) is 0 Å². The molecular formula is C45H38N2. The Balaban J connectivity index is 1.34. The summed E-state index contributed by atoms with van der Waals surface area (Å²) < 4.78 is 0. The zero-order chi connectivity index (χ0) is 32.2. The monoisotopic (exact) mass is 606 g/mol. The van der Waals surface area contributed by atoms with Crippen molar-refractivity contribution >= 4 is 28.7 Å². The van der Waals surface area contributed by atoms with Crippen LogP contribution in [0.5, 0.6) is 0 Å². The van der Waals surface area contributed by atoms with Gasteiger partial charge in [-0.3, -0.25) is 0 Å². The minimum atomic E-state index is 0.160. The van der Waals surface area contributed by atoms with Crippen molar-refractivity contribution in [1.82, 2.24) is 0 Å². The van der Waals surface area contributed by atoms with Crippen molar-refractivity contribution in [3.8, 4) is 22.3 Å². The van der Waals surface area contributed by atoms with Gasteiger partial charge in [0.1, 0.15) is 0 Å². The van der Waals surface area contributed by atoms with Crippen LogP contribution >= 0.6 is 0 Å². The van der Waals surface area contributed by atoms with Crippen LogP contribution in [-0.2, 0) is 0 Å². The zero-order valence-electron chi connectivity index (χ0n) is 26.8. The number of hydrogen-bond donors (Lipinski definition) is 0. The van der Waals surface area contributed by atoms with Crippen LogP contribution in [0.3, 0.4) is 0 Å². The quantitative estimate of drug-likeness (QED) is 0.182. The van der Waals surface area contributed by atoms with Crippen LogP contribution in [0, 0.1) is 6.92 Å². The molecule has 5 aromatic rings. The van der Waals surface area contributed by atoms with Crippen molar-refractivity contribution in [3.05, 3.63) is 200 Å². The van der Waals surface area contributed by atoms with E-state index in [1.54, 1.807) is 0 Å². The molecule has 1 atom stereocenters. The maximum atomic E-state index is 4.67. The number of nitrogens with zero attached hydrogens (tertiary/aromatic N) is 2. The lowest BCUT2D eigenvalue weighted by Gasteiger charge is -2.35. The number of benzene rings is 5. The number of fused-ring (bicyclic) bond motifs is 1. The van der Waals surface area contributed by atoms with Crippen LogP contribution in [-0.4, -0.2) is 6.04 Å². The third-order valence-corrected chi connectivity index (χ3v) is 8.93. The first-order valence-electron chi connectivity index (χ1n) is 16.2. The minimum absolute atomic E-state index is 0.160. The Hall–Kier alpha value is -5.86. The summed E-state index contributed by atoms with van der Waals surface area (Å²) in [5.74, 6) is 0. The van der Waals surface area contributed by atoms with E-state index >= 15 is 0 Å². The highest BCUT2D eigenvalue weighted by Crippen LogP contribution is 2.40. The zero-order valence-corrected chi connectivity index (χ0v) is 26.8. The van der Waals surface area contributed by atoms with Crippen molar-refractivity contribution in [2.45, 2.75) is 19.4 Å². The van der Waals surface area contributed by atoms with Gasteiger partial charge in [-0.15, -0.1) is 0 Å². The molecule has 2 nitrogen and oxygen atoms in total. The SMILES string of the molecule is C=Cc1ccc(-c2ccc3c(c2)C(=C)/C=C(N(c2ccc(-c4ccc(C)cc4)cc2)C2C=CC=CC2)\C=C/N3c2ccccc2)cc1. The summed E-state index contributed by atoms with van der Waals surface area (Å²) in [6.07, 6.45) is 18.3. The molecule has 7 rings (SSSR count). The summed E-state index contributed by atoms with van der Waals surface area (Å²) in [4.78, 5) is 4.71. The highest BCUT2D eigenvalue weighted by Gasteiger charge is 2.23. The Labute approximate surface area is 279 Å². The smallest absolute Gasteiger partial charge is 0.0559 e. The topological polar surface area (TPSA) is 6.48 Å². The first kappa shape index (κ1) is 29.8. The van der Waals surface area contributed by atoms with Crippen LogP contribution in [0.25, 0.3) is 33.9 Å². The highest BCUT2D eigenvalue weighted by atomic mass is 15.2. The van der Waals surface area contributed by atoms with Crippen LogP contribution in [0.1, 0.15) is 23.1 Å². The van der Waals surface area contributed by atoms with Gasteiger partial charge in [-0.05, 0) is 95.3 Å². The van der Waals surface area contributed by atoms with E-state index in [9.17, 15) is 0 Å². The molecule has 1 heterocycles. The summed E-state index contributed by atoms with van der Waals surface area (Å²) in [6.45, 7) is 10.7. The molecule has 0 N–H and O–H groups in total. The van der Waals surface area contributed by atoms with Crippen LogP contribution in [0.4, 0.5) is 17.1 Å². The molecule has 0 radical (unpaired) electrons. The molecule has 0 spiro atoms. The predicted molar refractivity (Wildman–Crippen MR) is 203 cm³/mol. The lowest BCUT2D eigenvalue weighted by molar-refractivity contribution is 0.762. The average Bonchev–Trinajstić information content (AvgIpc) is 3.12. The molecule has 0 aromatic heterocycles. The molecule has 0 bridgehead atoms. The third-order valence-electron chi connectivity index (χ3n) is 8.93. The Morgan fingerprint density at radius 3 is 2.09 bits per heavy atom. The Kier molecular flexibility index (Phi) is 8.41. The second-order valence-corrected chi connectivity index (χ2v) is 12.1. The maximum Gasteiger partial charge on any atom is 0.0559 e. The van der Waals surface area contributed by atoms with Crippen LogP contribution in [0.15, 0.2) is 183 Å². The van der Waals surface area contributed by atoms with Gasteiger partial charge in [0.25, 0.3) is 0 Å². The number of aryl methyl sites for hydroxylation is 1. The van der Waals surface area contributed by atoms with E-state index in [0.29, 0.717) is 0 Å². The van der Waals surface area contributed by atoms with E-state index < -0.39 is 0 Å². The lowest BCUT2D eigenvalue weighted by Crippen LogP contribution is -2.33. The van der Waals surface area contributed by atoms with Crippen LogP contribution in [0.2, 0.25) is 0 Å². The maximum absolute atomic E-state index is 4.67. The summed E-state index contributed by atoms with van der Waals surface area (Å²) in [5, 5.41) is 0. The number of hydrogen-bond acceptors (Lipinski definition) is 2. The van der Waals surface area contributed by atoms with E-state index in [-0.39, 0.29) is 6.04 Å². The molecule has 47 heavy (non-hydrogen) atoms. The van der Waals surface area contributed by atoms with Gasteiger partial charge in [0.05, 0.1) is 11.7 Å². The molecule has 1 aliphatic carbocycles. The molecule has 228 valence electrons. The Bertz CT molecular complexity index is 2020. The van der Waals surface area contributed by atoms with Crippen molar-refractivity contribution in [1.29, 1.82) is 0 Å². The van der Waals surface area contributed by atoms with Gasteiger partial charge in [-0.2, -0.15) is 0 Å². The molecule has 0 amide bonds. The third kappa shape index (κ3) is 6.32. The molecule has 1 unspecified atom stereocenters.